The molecule has 10 nitrogen and oxygen atoms in total. The van der Waals surface area contributed by atoms with Crippen LogP contribution in [0, 0.1) is 11.8 Å². The molecule has 2 heterocycles. The monoisotopic (exact) mass is 534 g/mol. The Balaban J connectivity index is 1.59. The lowest BCUT2D eigenvalue weighted by atomic mass is 9.91. The number of carbonyl (C=O) groups is 4. The van der Waals surface area contributed by atoms with Crippen LogP contribution in [0.4, 0.5) is 0 Å². The van der Waals surface area contributed by atoms with Crippen LogP contribution in [0.15, 0.2) is 60.7 Å². The first-order valence-corrected chi connectivity index (χ1v) is 12.6. The molecule has 0 spiro atoms. The van der Waals surface area contributed by atoms with Crippen molar-refractivity contribution in [3.8, 4) is 5.75 Å². The number of fused-ring (bicyclic) bond motifs is 1. The second-order valence-corrected chi connectivity index (χ2v) is 9.70. The molecule has 3 aromatic rings. The number of aromatic hydroxyl groups is 1. The number of nitrogens with zero attached hydrogens (tertiary/aromatic N) is 1. The van der Waals surface area contributed by atoms with Crippen molar-refractivity contribution in [1.29, 1.82) is 0 Å². The Bertz CT molecular complexity index is 1370. The van der Waals surface area contributed by atoms with Gasteiger partial charge in [-0.2, -0.15) is 0 Å². The summed E-state index contributed by atoms with van der Waals surface area (Å²) in [5, 5.41) is 13.4. The van der Waals surface area contributed by atoms with E-state index in [1.165, 1.54) is 13.0 Å². The summed E-state index contributed by atoms with van der Waals surface area (Å²) in [7, 11) is 0. The van der Waals surface area contributed by atoms with Crippen molar-refractivity contribution in [2.24, 2.45) is 11.8 Å². The number of rotatable bonds is 6. The number of pyridine rings is 1. The van der Waals surface area contributed by atoms with Gasteiger partial charge in [-0.3, -0.25) is 14.4 Å². The number of para-hydroxylation sites is 1. The van der Waals surface area contributed by atoms with Crippen molar-refractivity contribution >= 4 is 34.7 Å². The van der Waals surface area contributed by atoms with E-state index in [-0.39, 0.29) is 17.9 Å². The Labute approximate surface area is 225 Å². The van der Waals surface area contributed by atoms with Crippen LogP contribution in [0.1, 0.15) is 36.8 Å². The summed E-state index contributed by atoms with van der Waals surface area (Å²) in [6, 6.07) is 16.0. The number of benzene rings is 2. The quantitative estimate of drug-likeness (QED) is 0.361. The fourth-order valence-electron chi connectivity index (χ4n) is 4.25. The van der Waals surface area contributed by atoms with Crippen molar-refractivity contribution < 1.29 is 38.5 Å². The van der Waals surface area contributed by atoms with E-state index >= 15 is 0 Å². The van der Waals surface area contributed by atoms with Gasteiger partial charge in [0.2, 0.25) is 0 Å². The first-order valence-electron chi connectivity index (χ1n) is 12.6. The Hall–Kier alpha value is -4.47. The molecule has 4 atom stereocenters. The van der Waals surface area contributed by atoms with Gasteiger partial charge in [-0.1, -0.05) is 62.4 Å². The van der Waals surface area contributed by atoms with Gasteiger partial charge in [0.15, 0.2) is 17.8 Å². The van der Waals surface area contributed by atoms with E-state index in [0.29, 0.717) is 10.9 Å². The summed E-state index contributed by atoms with van der Waals surface area (Å²) < 4.78 is 16.7. The molecular weight excluding hydrogens is 504 g/mol. The van der Waals surface area contributed by atoms with Crippen LogP contribution in [0.3, 0.4) is 0 Å². The average Bonchev–Trinajstić information content (AvgIpc) is 2.95. The van der Waals surface area contributed by atoms with Gasteiger partial charge in [-0.05, 0) is 31.0 Å². The molecule has 204 valence electrons. The van der Waals surface area contributed by atoms with E-state index in [1.54, 1.807) is 38.1 Å². The van der Waals surface area contributed by atoms with Gasteiger partial charge in [-0.15, -0.1) is 0 Å². The van der Waals surface area contributed by atoms with Crippen LogP contribution in [-0.4, -0.2) is 58.8 Å². The summed E-state index contributed by atoms with van der Waals surface area (Å²) in [6.45, 7) is 4.30. The first-order chi connectivity index (χ1) is 18.6. The number of hydrogen-bond acceptors (Lipinski definition) is 9. The van der Waals surface area contributed by atoms with Gasteiger partial charge < -0.3 is 24.6 Å². The smallest absolute Gasteiger partial charge is 0.332 e. The van der Waals surface area contributed by atoms with Crippen molar-refractivity contribution in [3.05, 3.63) is 71.9 Å². The SMILES string of the molecule is CC(C)C(=O)OC1C(C)OC(=O)C(NC(=O)c2nc3ccccc3cc2O)COC(=O)C1Cc1ccccc1. The zero-order valence-corrected chi connectivity index (χ0v) is 21.8. The molecule has 0 bridgehead atoms. The third-order valence-electron chi connectivity index (χ3n) is 6.39. The molecule has 4 rings (SSSR count). The molecular formula is C29H30N2O8. The normalized spacial score (nSPS) is 21.7. The Morgan fingerprint density at radius 1 is 1.08 bits per heavy atom. The maximum Gasteiger partial charge on any atom is 0.332 e. The second kappa shape index (κ2) is 11.9. The van der Waals surface area contributed by atoms with Gasteiger partial charge >= 0.3 is 17.9 Å². The van der Waals surface area contributed by atoms with E-state index in [0.717, 1.165) is 5.56 Å². The summed E-state index contributed by atoms with van der Waals surface area (Å²) in [5.41, 5.74) is 0.966. The number of nitrogens with one attached hydrogen (secondary N) is 1. The minimum Gasteiger partial charge on any atom is -0.505 e. The maximum atomic E-state index is 13.3. The zero-order chi connectivity index (χ0) is 28.1. The fraction of sp³-hybridized carbons (Fsp3) is 0.345. The topological polar surface area (TPSA) is 141 Å². The number of hydrogen-bond donors (Lipinski definition) is 2. The van der Waals surface area contributed by atoms with Gasteiger partial charge in [-0.25, -0.2) is 9.78 Å². The highest BCUT2D eigenvalue weighted by molar-refractivity contribution is 5.99. The number of cyclic esters (lactones) is 2. The standard InChI is InChI=1S/C29H30N2O8/c1-16(2)27(34)39-25-17(3)38-29(36)22(15-37-28(35)20(25)13-18-9-5-4-6-10-18)31-26(33)24-23(32)14-19-11-7-8-12-21(19)30-24/h4-12,14,16-17,20,22,25,32H,13,15H2,1-3H3,(H,31,33). The molecule has 0 radical (unpaired) electrons. The largest absolute Gasteiger partial charge is 0.505 e. The van der Waals surface area contributed by atoms with Gasteiger partial charge in [0.1, 0.15) is 24.4 Å². The zero-order valence-electron chi connectivity index (χ0n) is 21.8. The van der Waals surface area contributed by atoms with Crippen LogP contribution in [-0.2, 0) is 35.0 Å². The molecule has 2 N–H and O–H groups in total. The van der Waals surface area contributed by atoms with Crippen LogP contribution >= 0.6 is 0 Å². The second-order valence-electron chi connectivity index (χ2n) is 9.70. The Morgan fingerprint density at radius 3 is 2.49 bits per heavy atom. The lowest BCUT2D eigenvalue weighted by Gasteiger charge is -2.29. The number of aromatic nitrogens is 1. The molecule has 0 aliphatic carbocycles. The van der Waals surface area contributed by atoms with Gasteiger partial charge in [0.05, 0.1) is 11.4 Å². The van der Waals surface area contributed by atoms with Gasteiger partial charge in [0, 0.05) is 5.39 Å². The summed E-state index contributed by atoms with van der Waals surface area (Å²) in [6.07, 6.45) is -1.99. The molecule has 10 heteroatoms. The van der Waals surface area contributed by atoms with Crippen LogP contribution in [0.25, 0.3) is 10.9 Å². The molecule has 1 aromatic heterocycles. The summed E-state index contributed by atoms with van der Waals surface area (Å²) in [5.74, 6) is -4.85. The molecule has 1 saturated heterocycles. The lowest BCUT2D eigenvalue weighted by Crippen LogP contribution is -2.47. The van der Waals surface area contributed by atoms with Crippen molar-refractivity contribution in [2.75, 3.05) is 6.61 Å². The molecule has 1 amide bonds. The Morgan fingerprint density at radius 2 is 1.77 bits per heavy atom. The number of amides is 1. The average molecular weight is 535 g/mol. The Kier molecular flexibility index (Phi) is 8.43. The van der Waals surface area contributed by atoms with E-state index in [4.69, 9.17) is 14.2 Å². The number of carbonyl (C=O) groups excluding carboxylic acids is 4. The summed E-state index contributed by atoms with van der Waals surface area (Å²) in [4.78, 5) is 56.1. The highest BCUT2D eigenvalue weighted by atomic mass is 16.6. The van der Waals surface area contributed by atoms with Crippen molar-refractivity contribution in [1.82, 2.24) is 10.3 Å². The predicted octanol–water partition coefficient (Wildman–Crippen LogP) is 2.95. The van der Waals surface area contributed by atoms with E-state index in [1.807, 2.05) is 30.3 Å². The summed E-state index contributed by atoms with van der Waals surface area (Å²) >= 11 is 0. The molecule has 1 aliphatic rings. The predicted molar refractivity (Wildman–Crippen MR) is 140 cm³/mol. The lowest BCUT2D eigenvalue weighted by molar-refractivity contribution is -0.176. The van der Waals surface area contributed by atoms with Crippen molar-refractivity contribution in [3.63, 3.8) is 0 Å². The van der Waals surface area contributed by atoms with Crippen LogP contribution in [0.2, 0.25) is 0 Å². The molecule has 1 aliphatic heterocycles. The first kappa shape index (κ1) is 27.6. The highest BCUT2D eigenvalue weighted by Crippen LogP contribution is 2.25. The molecule has 2 aromatic carbocycles. The number of ether oxygens (including phenoxy) is 3. The van der Waals surface area contributed by atoms with Crippen LogP contribution < -0.4 is 5.32 Å². The number of esters is 3. The third kappa shape index (κ3) is 6.51. The van der Waals surface area contributed by atoms with Crippen molar-refractivity contribution in [2.45, 2.75) is 45.4 Å². The molecule has 1 fully saturated rings. The van der Waals surface area contributed by atoms with E-state index in [9.17, 15) is 24.3 Å². The maximum absolute atomic E-state index is 13.3. The fourth-order valence-corrected chi connectivity index (χ4v) is 4.25. The van der Waals surface area contributed by atoms with Gasteiger partial charge in [0.25, 0.3) is 5.91 Å². The minimum absolute atomic E-state index is 0.170. The molecule has 0 saturated carbocycles. The van der Waals surface area contributed by atoms with E-state index in [2.05, 4.69) is 10.3 Å². The highest BCUT2D eigenvalue weighted by Gasteiger charge is 2.42. The molecule has 39 heavy (non-hydrogen) atoms. The van der Waals surface area contributed by atoms with E-state index < -0.39 is 60.5 Å². The minimum atomic E-state index is -1.39. The van der Waals surface area contributed by atoms with Crippen LogP contribution in [0.5, 0.6) is 5.75 Å². The molecule has 4 unspecified atom stereocenters. The third-order valence-corrected chi connectivity index (χ3v) is 6.39.